The Morgan fingerprint density at radius 1 is 1.21 bits per heavy atom. The molecule has 9 heteroatoms. The minimum atomic E-state index is -4.80. The highest BCUT2D eigenvalue weighted by Gasteiger charge is 2.31. The van der Waals surface area contributed by atoms with Crippen LogP contribution in [-0.4, -0.2) is 24.8 Å². The summed E-state index contributed by atoms with van der Waals surface area (Å²) in [5.74, 6) is -1.98. The molecule has 2 amide bonds. The van der Waals surface area contributed by atoms with Gasteiger partial charge in [-0.05, 0) is 24.3 Å². The third-order valence-corrected chi connectivity index (χ3v) is 1.73. The van der Waals surface area contributed by atoms with Crippen LogP contribution in [0.1, 0.15) is 10.4 Å². The Morgan fingerprint density at radius 2 is 1.79 bits per heavy atom. The zero-order valence-electron chi connectivity index (χ0n) is 9.36. The van der Waals surface area contributed by atoms with Gasteiger partial charge in [-0.25, -0.2) is 5.48 Å². The molecule has 0 spiro atoms. The minimum absolute atomic E-state index is 0.0268. The van der Waals surface area contributed by atoms with Crippen LogP contribution in [-0.2, 0) is 9.63 Å². The van der Waals surface area contributed by atoms with Gasteiger partial charge in [0.05, 0.1) is 0 Å². The van der Waals surface area contributed by atoms with Crippen molar-refractivity contribution in [2.24, 2.45) is 5.73 Å². The van der Waals surface area contributed by atoms with Crippen molar-refractivity contribution in [3.8, 4) is 5.75 Å². The van der Waals surface area contributed by atoms with E-state index >= 15 is 0 Å². The number of rotatable bonds is 5. The van der Waals surface area contributed by atoms with Gasteiger partial charge in [0.25, 0.3) is 5.91 Å². The first kappa shape index (κ1) is 14.8. The van der Waals surface area contributed by atoms with Gasteiger partial charge in [-0.1, -0.05) is 0 Å². The highest BCUT2D eigenvalue weighted by molar-refractivity contribution is 5.93. The maximum atomic E-state index is 11.9. The molecule has 0 fully saturated rings. The summed E-state index contributed by atoms with van der Waals surface area (Å²) >= 11 is 0. The largest absolute Gasteiger partial charge is 0.573 e. The second-order valence-electron chi connectivity index (χ2n) is 3.26. The second-order valence-corrected chi connectivity index (χ2v) is 3.26. The van der Waals surface area contributed by atoms with Crippen LogP contribution < -0.4 is 16.0 Å². The van der Waals surface area contributed by atoms with Crippen LogP contribution in [0.3, 0.4) is 0 Å². The van der Waals surface area contributed by atoms with Gasteiger partial charge in [0.1, 0.15) is 5.75 Å². The van der Waals surface area contributed by atoms with Crippen LogP contribution >= 0.6 is 0 Å². The van der Waals surface area contributed by atoms with Gasteiger partial charge < -0.3 is 10.5 Å². The van der Waals surface area contributed by atoms with Crippen molar-refractivity contribution in [1.82, 2.24) is 5.48 Å². The third-order valence-electron chi connectivity index (χ3n) is 1.73. The Labute approximate surface area is 105 Å². The molecule has 0 radical (unpaired) electrons. The number of hydroxylamine groups is 1. The third kappa shape index (κ3) is 5.73. The van der Waals surface area contributed by atoms with E-state index in [1.54, 1.807) is 0 Å². The van der Waals surface area contributed by atoms with E-state index in [0.717, 1.165) is 24.3 Å². The van der Waals surface area contributed by atoms with Gasteiger partial charge in [-0.3, -0.25) is 14.4 Å². The Kier molecular flexibility index (Phi) is 4.70. The van der Waals surface area contributed by atoms with Crippen molar-refractivity contribution in [2.45, 2.75) is 6.36 Å². The number of carbonyl (C=O) groups is 2. The zero-order valence-corrected chi connectivity index (χ0v) is 9.36. The minimum Gasteiger partial charge on any atom is -0.406 e. The predicted octanol–water partition coefficient (Wildman–Crippen LogP) is 0.732. The van der Waals surface area contributed by atoms with Crippen LogP contribution in [0.2, 0.25) is 0 Å². The van der Waals surface area contributed by atoms with E-state index in [1.165, 1.54) is 0 Å². The van der Waals surface area contributed by atoms with E-state index in [2.05, 4.69) is 9.57 Å². The lowest BCUT2D eigenvalue weighted by Crippen LogP contribution is -2.29. The number of ether oxygens (including phenoxy) is 1. The molecule has 0 aliphatic rings. The fourth-order valence-corrected chi connectivity index (χ4v) is 1.04. The van der Waals surface area contributed by atoms with Crippen LogP contribution in [0.5, 0.6) is 5.75 Å². The Bertz CT molecular complexity index is 459. The first-order valence-corrected chi connectivity index (χ1v) is 4.84. The lowest BCUT2D eigenvalue weighted by atomic mass is 10.2. The number of primary amides is 1. The summed E-state index contributed by atoms with van der Waals surface area (Å²) < 4.78 is 39.3. The van der Waals surface area contributed by atoms with Crippen molar-refractivity contribution in [1.29, 1.82) is 0 Å². The molecule has 1 aromatic rings. The number of carbonyl (C=O) groups excluding carboxylic acids is 2. The van der Waals surface area contributed by atoms with Crippen LogP contribution in [0.15, 0.2) is 24.3 Å². The number of hydrogen-bond donors (Lipinski definition) is 2. The number of nitrogens with one attached hydrogen (secondary N) is 1. The van der Waals surface area contributed by atoms with Crippen LogP contribution in [0.4, 0.5) is 13.2 Å². The van der Waals surface area contributed by atoms with Gasteiger partial charge in [0, 0.05) is 5.56 Å². The van der Waals surface area contributed by atoms with Crippen molar-refractivity contribution >= 4 is 11.8 Å². The van der Waals surface area contributed by atoms with Gasteiger partial charge in [0.15, 0.2) is 6.61 Å². The Balaban J connectivity index is 2.56. The molecule has 0 atom stereocenters. The Morgan fingerprint density at radius 3 is 2.26 bits per heavy atom. The SMILES string of the molecule is NC(=O)CONC(=O)c1ccc(OC(F)(F)F)cc1. The molecule has 0 aliphatic carbocycles. The van der Waals surface area contributed by atoms with E-state index < -0.39 is 30.5 Å². The topological polar surface area (TPSA) is 90.7 Å². The summed E-state index contributed by atoms with van der Waals surface area (Å²) in [6, 6.07) is 4.14. The molecular formula is C10H9F3N2O4. The summed E-state index contributed by atoms with van der Waals surface area (Å²) in [5, 5.41) is 0. The lowest BCUT2D eigenvalue weighted by molar-refractivity contribution is -0.274. The molecule has 0 bridgehead atoms. The standard InChI is InChI=1S/C10H9F3N2O4/c11-10(12,13)19-7-3-1-6(2-4-7)9(17)15-18-5-8(14)16/h1-4H,5H2,(H2,14,16)(H,15,17). The molecule has 104 valence electrons. The summed E-state index contributed by atoms with van der Waals surface area (Å²) in [6.07, 6.45) is -4.80. The molecule has 1 aromatic carbocycles. The fourth-order valence-electron chi connectivity index (χ4n) is 1.04. The van der Waals surface area contributed by atoms with Crippen molar-refractivity contribution in [3.05, 3.63) is 29.8 Å². The molecule has 19 heavy (non-hydrogen) atoms. The lowest BCUT2D eigenvalue weighted by Gasteiger charge is -2.09. The smallest absolute Gasteiger partial charge is 0.406 e. The first-order valence-electron chi connectivity index (χ1n) is 4.84. The number of halogens is 3. The van der Waals surface area contributed by atoms with Crippen molar-refractivity contribution in [2.75, 3.05) is 6.61 Å². The summed E-state index contributed by atoms with van der Waals surface area (Å²) in [7, 11) is 0. The maximum absolute atomic E-state index is 11.9. The summed E-state index contributed by atoms with van der Waals surface area (Å²) in [6.45, 7) is -0.513. The molecule has 0 unspecified atom stereocenters. The van der Waals surface area contributed by atoms with Crippen molar-refractivity contribution < 1.29 is 32.3 Å². The van der Waals surface area contributed by atoms with E-state index in [0.29, 0.717) is 0 Å². The highest BCUT2D eigenvalue weighted by atomic mass is 19.4. The van der Waals surface area contributed by atoms with Crippen LogP contribution in [0.25, 0.3) is 0 Å². The number of hydrogen-bond acceptors (Lipinski definition) is 4. The molecule has 0 saturated heterocycles. The van der Waals surface area contributed by atoms with E-state index in [1.807, 2.05) is 5.48 Å². The highest BCUT2D eigenvalue weighted by Crippen LogP contribution is 2.22. The average molecular weight is 278 g/mol. The van der Waals surface area contributed by atoms with Gasteiger partial charge >= 0.3 is 6.36 Å². The van der Waals surface area contributed by atoms with E-state index in [-0.39, 0.29) is 5.56 Å². The number of alkyl halides is 3. The van der Waals surface area contributed by atoms with Gasteiger partial charge in [-0.15, -0.1) is 13.2 Å². The zero-order chi connectivity index (χ0) is 14.5. The fraction of sp³-hybridized carbons (Fsp3) is 0.200. The Hall–Kier alpha value is -2.29. The maximum Gasteiger partial charge on any atom is 0.573 e. The normalized spacial score (nSPS) is 10.9. The molecule has 0 aliphatic heterocycles. The van der Waals surface area contributed by atoms with Crippen LogP contribution in [0, 0.1) is 0 Å². The number of benzene rings is 1. The van der Waals surface area contributed by atoms with Gasteiger partial charge in [-0.2, -0.15) is 0 Å². The van der Waals surface area contributed by atoms with Crippen molar-refractivity contribution in [3.63, 3.8) is 0 Å². The molecule has 6 nitrogen and oxygen atoms in total. The quantitative estimate of drug-likeness (QED) is 0.777. The first-order chi connectivity index (χ1) is 8.78. The molecule has 0 aromatic heterocycles. The van der Waals surface area contributed by atoms with E-state index in [9.17, 15) is 22.8 Å². The molecule has 3 N–H and O–H groups in total. The molecule has 0 heterocycles. The monoisotopic (exact) mass is 278 g/mol. The number of amides is 2. The summed E-state index contributed by atoms with van der Waals surface area (Å²) in [4.78, 5) is 26.1. The predicted molar refractivity (Wildman–Crippen MR) is 55.7 cm³/mol. The summed E-state index contributed by atoms with van der Waals surface area (Å²) in [5.41, 5.74) is 6.68. The average Bonchev–Trinajstić information content (AvgIpc) is 2.27. The molecular weight excluding hydrogens is 269 g/mol. The second kappa shape index (κ2) is 6.05. The van der Waals surface area contributed by atoms with E-state index in [4.69, 9.17) is 5.73 Å². The number of nitrogens with two attached hydrogens (primary N) is 1. The molecule has 1 rings (SSSR count). The molecule has 0 saturated carbocycles. The van der Waals surface area contributed by atoms with Gasteiger partial charge in [0.2, 0.25) is 5.91 Å².